The number of carbonyl (C=O) groups excluding carboxylic acids is 2. The van der Waals surface area contributed by atoms with Crippen molar-refractivity contribution in [2.75, 3.05) is 12.4 Å². The number of halogens is 3. The Morgan fingerprint density at radius 1 is 1.19 bits per heavy atom. The largest absolute Gasteiger partial charge is 0.465 e. The van der Waals surface area contributed by atoms with Crippen molar-refractivity contribution in [3.8, 4) is 0 Å². The minimum Gasteiger partial charge on any atom is -0.465 e. The number of alkyl halides is 3. The lowest BCUT2D eigenvalue weighted by Gasteiger charge is -2.54. The van der Waals surface area contributed by atoms with Gasteiger partial charge in [-0.05, 0) is 63.6 Å². The minimum absolute atomic E-state index is 0.0182. The highest BCUT2D eigenvalue weighted by Crippen LogP contribution is 2.49. The Hall–Kier alpha value is -2.45. The van der Waals surface area contributed by atoms with Crippen LogP contribution in [0, 0.1) is 11.3 Å². The summed E-state index contributed by atoms with van der Waals surface area (Å²) in [6.45, 7) is 11.0. The van der Waals surface area contributed by atoms with Crippen molar-refractivity contribution in [3.05, 3.63) is 29.3 Å². The van der Waals surface area contributed by atoms with Gasteiger partial charge in [0.2, 0.25) is 0 Å². The van der Waals surface area contributed by atoms with Gasteiger partial charge in [0.05, 0.1) is 18.2 Å². The molecule has 0 heterocycles. The average molecular weight is 444 g/mol. The average Bonchev–Trinajstić information content (AvgIpc) is 2.61. The zero-order valence-electron chi connectivity index (χ0n) is 18.9. The van der Waals surface area contributed by atoms with Crippen LogP contribution < -0.4 is 10.6 Å². The number of methoxy groups -OCH3 is 1. The van der Waals surface area contributed by atoms with Crippen LogP contribution in [0.15, 0.2) is 18.2 Å². The van der Waals surface area contributed by atoms with Gasteiger partial charge in [0.1, 0.15) is 5.60 Å². The molecule has 1 aliphatic carbocycles. The molecule has 1 amide bonds. The Morgan fingerprint density at radius 3 is 2.29 bits per heavy atom. The van der Waals surface area contributed by atoms with Crippen LogP contribution in [0.4, 0.5) is 23.7 Å². The van der Waals surface area contributed by atoms with Crippen molar-refractivity contribution in [3.63, 3.8) is 0 Å². The van der Waals surface area contributed by atoms with Crippen LogP contribution in [0.3, 0.4) is 0 Å². The summed E-state index contributed by atoms with van der Waals surface area (Å²) in [4.78, 5) is 23.9. The van der Waals surface area contributed by atoms with Gasteiger partial charge in [-0.25, -0.2) is 9.59 Å². The van der Waals surface area contributed by atoms with Crippen LogP contribution in [-0.4, -0.2) is 36.9 Å². The Balaban J connectivity index is 2.15. The summed E-state index contributed by atoms with van der Waals surface area (Å²) in [5, 5.41) is 5.78. The van der Waals surface area contributed by atoms with Gasteiger partial charge in [0.25, 0.3) is 0 Å². The van der Waals surface area contributed by atoms with Gasteiger partial charge in [0, 0.05) is 17.8 Å². The van der Waals surface area contributed by atoms with E-state index in [-0.39, 0.29) is 34.7 Å². The first kappa shape index (κ1) is 24.8. The third-order valence-corrected chi connectivity index (χ3v) is 5.77. The normalized spacial score (nSPS) is 21.5. The Bertz CT molecular complexity index is 831. The summed E-state index contributed by atoms with van der Waals surface area (Å²) in [5.74, 6) is -0.731. The Morgan fingerprint density at radius 2 is 1.81 bits per heavy atom. The number of carbonyl (C=O) groups is 2. The predicted molar refractivity (Wildman–Crippen MR) is 111 cm³/mol. The molecule has 31 heavy (non-hydrogen) atoms. The summed E-state index contributed by atoms with van der Waals surface area (Å²) < 4.78 is 50.4. The molecule has 0 bridgehead atoms. The number of hydrogen-bond donors (Lipinski definition) is 2. The van der Waals surface area contributed by atoms with Crippen LogP contribution in [0.5, 0.6) is 0 Å². The van der Waals surface area contributed by atoms with Gasteiger partial charge in [-0.3, -0.25) is 0 Å². The monoisotopic (exact) mass is 444 g/mol. The molecule has 1 aromatic carbocycles. The molecule has 1 saturated carbocycles. The van der Waals surface area contributed by atoms with Crippen LogP contribution >= 0.6 is 0 Å². The van der Waals surface area contributed by atoms with E-state index in [0.29, 0.717) is 6.42 Å². The van der Waals surface area contributed by atoms with Crippen LogP contribution in [0.2, 0.25) is 0 Å². The Labute approximate surface area is 180 Å². The number of esters is 1. The van der Waals surface area contributed by atoms with Gasteiger partial charge >= 0.3 is 18.2 Å². The van der Waals surface area contributed by atoms with E-state index < -0.39 is 29.4 Å². The summed E-state index contributed by atoms with van der Waals surface area (Å²) in [7, 11) is 1.17. The highest BCUT2D eigenvalue weighted by atomic mass is 19.4. The molecule has 1 aliphatic rings. The second-order valence-electron chi connectivity index (χ2n) is 9.55. The minimum atomic E-state index is -4.58. The van der Waals surface area contributed by atoms with Gasteiger partial charge in [-0.15, -0.1) is 0 Å². The molecule has 1 fully saturated rings. The van der Waals surface area contributed by atoms with E-state index in [0.717, 1.165) is 18.2 Å². The van der Waals surface area contributed by atoms with Gasteiger partial charge in [0.15, 0.2) is 0 Å². The molecular weight excluding hydrogens is 413 g/mol. The van der Waals surface area contributed by atoms with Crippen molar-refractivity contribution >= 4 is 17.7 Å². The van der Waals surface area contributed by atoms with E-state index in [2.05, 4.69) is 15.4 Å². The molecule has 0 radical (unpaired) electrons. The van der Waals surface area contributed by atoms with Crippen molar-refractivity contribution in [1.82, 2.24) is 5.32 Å². The highest BCUT2D eigenvalue weighted by molar-refractivity contribution is 5.90. The second kappa shape index (κ2) is 8.59. The number of hydrogen-bond acceptors (Lipinski definition) is 5. The number of ether oxygens (including phenoxy) is 2. The van der Waals surface area contributed by atoms with E-state index in [1.54, 1.807) is 27.7 Å². The molecule has 9 heteroatoms. The number of nitrogens with one attached hydrogen (secondary N) is 2. The number of benzene rings is 1. The third-order valence-electron chi connectivity index (χ3n) is 5.77. The quantitative estimate of drug-likeness (QED) is 0.608. The molecule has 0 saturated heterocycles. The van der Waals surface area contributed by atoms with Crippen molar-refractivity contribution in [2.45, 2.75) is 71.8 Å². The standard InChI is InChI=1S/C22H31F3N2O4/c1-12(15-11-17(21(15,5)6)27-19(29)31-20(2,3)4)26-16-10-13(18(28)30-7)8-9-14(16)22(23,24)25/h8-10,12,15,17,26H,11H2,1-7H3,(H,27,29)/t12-,15+,17+/m0/s1. The second-order valence-corrected chi connectivity index (χ2v) is 9.55. The fraction of sp³-hybridized carbons (Fsp3) is 0.636. The SMILES string of the molecule is COC(=O)c1ccc(C(F)(F)F)c(N[C@@H](C)[C@H]2C[C@@H](NC(=O)OC(C)(C)C)C2(C)C)c1. The smallest absolute Gasteiger partial charge is 0.418 e. The first-order valence-electron chi connectivity index (χ1n) is 10.1. The number of amides is 1. The maximum absolute atomic E-state index is 13.5. The van der Waals surface area contributed by atoms with Crippen LogP contribution in [-0.2, 0) is 15.7 Å². The summed E-state index contributed by atoms with van der Waals surface area (Å²) in [6, 6.07) is 2.62. The maximum Gasteiger partial charge on any atom is 0.418 e. The number of anilines is 1. The third kappa shape index (κ3) is 5.83. The lowest BCUT2D eigenvalue weighted by Crippen LogP contribution is -2.62. The lowest BCUT2D eigenvalue weighted by atomic mass is 9.56. The molecule has 0 unspecified atom stereocenters. The summed E-state index contributed by atoms with van der Waals surface area (Å²) in [6.07, 6.45) is -4.51. The molecule has 1 aromatic rings. The maximum atomic E-state index is 13.5. The van der Waals surface area contributed by atoms with E-state index in [9.17, 15) is 22.8 Å². The molecule has 0 aliphatic heterocycles. The van der Waals surface area contributed by atoms with E-state index >= 15 is 0 Å². The molecule has 0 aromatic heterocycles. The van der Waals surface area contributed by atoms with Crippen molar-refractivity contribution in [1.29, 1.82) is 0 Å². The number of rotatable bonds is 5. The summed E-state index contributed by atoms with van der Waals surface area (Å²) >= 11 is 0. The van der Waals surface area contributed by atoms with Gasteiger partial charge in [-0.1, -0.05) is 13.8 Å². The first-order valence-corrected chi connectivity index (χ1v) is 10.1. The fourth-order valence-electron chi connectivity index (χ4n) is 4.00. The predicted octanol–water partition coefficient (Wildman–Crippen LogP) is 5.23. The van der Waals surface area contributed by atoms with Crippen molar-refractivity contribution in [2.24, 2.45) is 11.3 Å². The van der Waals surface area contributed by atoms with Gasteiger partial charge < -0.3 is 20.1 Å². The van der Waals surface area contributed by atoms with E-state index in [4.69, 9.17) is 4.74 Å². The van der Waals surface area contributed by atoms with Crippen LogP contribution in [0.25, 0.3) is 0 Å². The topological polar surface area (TPSA) is 76.7 Å². The van der Waals surface area contributed by atoms with E-state index in [1.807, 2.05) is 13.8 Å². The van der Waals surface area contributed by atoms with Gasteiger partial charge in [-0.2, -0.15) is 13.2 Å². The molecule has 6 nitrogen and oxygen atoms in total. The van der Waals surface area contributed by atoms with E-state index in [1.165, 1.54) is 7.11 Å². The molecular formula is C22H31F3N2O4. The lowest BCUT2D eigenvalue weighted by molar-refractivity contribution is -0.137. The number of alkyl carbamates (subject to hydrolysis) is 1. The molecule has 2 rings (SSSR count). The highest BCUT2D eigenvalue weighted by Gasteiger charge is 2.51. The molecule has 0 spiro atoms. The van der Waals surface area contributed by atoms with Crippen LogP contribution in [0.1, 0.15) is 63.9 Å². The summed E-state index contributed by atoms with van der Waals surface area (Å²) in [5.41, 5.74) is -2.00. The molecule has 3 atom stereocenters. The van der Waals surface area contributed by atoms with Crippen molar-refractivity contribution < 1.29 is 32.2 Å². The molecule has 174 valence electrons. The fourth-order valence-corrected chi connectivity index (χ4v) is 4.00. The molecule has 2 N–H and O–H groups in total. The Kier molecular flexibility index (Phi) is 6.88. The zero-order valence-corrected chi connectivity index (χ0v) is 18.9. The first-order chi connectivity index (χ1) is 14.1. The zero-order chi connectivity index (χ0) is 23.8.